The number of benzene rings is 1. The number of nitrogens with zero attached hydrogens (tertiary/aromatic N) is 5. The van der Waals surface area contributed by atoms with Gasteiger partial charge in [0.15, 0.2) is 0 Å². The van der Waals surface area contributed by atoms with E-state index in [1.54, 1.807) is 20.8 Å². The molecule has 0 bridgehead atoms. The zero-order valence-corrected chi connectivity index (χ0v) is 26.5. The lowest BCUT2D eigenvalue weighted by molar-refractivity contribution is -0.146. The van der Waals surface area contributed by atoms with Crippen LogP contribution in [0.1, 0.15) is 72.8 Å². The van der Waals surface area contributed by atoms with Crippen LogP contribution in [0.5, 0.6) is 0 Å². The summed E-state index contributed by atoms with van der Waals surface area (Å²) in [7, 11) is 0. The van der Waals surface area contributed by atoms with Crippen molar-refractivity contribution >= 4 is 23.9 Å². The van der Waals surface area contributed by atoms with Crippen molar-refractivity contribution in [3.63, 3.8) is 0 Å². The summed E-state index contributed by atoms with van der Waals surface area (Å²) in [4.78, 5) is 56.5. The lowest BCUT2D eigenvalue weighted by Gasteiger charge is -2.33. The summed E-state index contributed by atoms with van der Waals surface area (Å²) in [5.41, 5.74) is -1.44. The van der Waals surface area contributed by atoms with Gasteiger partial charge in [-0.3, -0.25) is 9.59 Å². The maximum Gasteiger partial charge on any atom is 0.408 e. The highest BCUT2D eigenvalue weighted by atomic mass is 16.6. The number of fused-ring (bicyclic) bond motifs is 2. The fourth-order valence-electron chi connectivity index (χ4n) is 6.41. The Labute approximate surface area is 262 Å². The third kappa shape index (κ3) is 7.18. The van der Waals surface area contributed by atoms with Crippen molar-refractivity contribution < 1.29 is 29.0 Å². The summed E-state index contributed by atoms with van der Waals surface area (Å²) in [5.74, 6) is -2.14. The number of ether oxygens (including phenoxy) is 1. The summed E-state index contributed by atoms with van der Waals surface area (Å²) in [5, 5.41) is 28.7. The fraction of sp³-hybridized carbons (Fsp3) is 0.594. The van der Waals surface area contributed by atoms with Crippen LogP contribution in [0.15, 0.2) is 42.5 Å². The number of alkyl carbamates (subject to hydrolysis) is 1. The number of amides is 3. The van der Waals surface area contributed by atoms with E-state index in [0.717, 1.165) is 18.4 Å². The van der Waals surface area contributed by atoms with E-state index < -0.39 is 53.1 Å². The molecule has 2 fully saturated rings. The number of allylic oxidation sites excluding steroid dienone is 1. The molecule has 1 aliphatic carbocycles. The van der Waals surface area contributed by atoms with E-state index in [4.69, 9.17) is 4.74 Å². The minimum atomic E-state index is -1.43. The molecule has 7 atom stereocenters. The van der Waals surface area contributed by atoms with Crippen molar-refractivity contribution in [2.24, 2.45) is 17.8 Å². The van der Waals surface area contributed by atoms with E-state index in [9.17, 15) is 24.3 Å². The van der Waals surface area contributed by atoms with Gasteiger partial charge in [-0.15, -0.1) is 10.2 Å². The number of carboxylic acids is 1. The second-order valence-electron chi connectivity index (χ2n) is 13.7. The maximum atomic E-state index is 14.4. The van der Waals surface area contributed by atoms with Crippen molar-refractivity contribution in [2.75, 3.05) is 6.54 Å². The zero-order valence-electron chi connectivity index (χ0n) is 26.5. The second kappa shape index (κ2) is 12.6. The van der Waals surface area contributed by atoms with Crippen LogP contribution < -0.4 is 10.6 Å². The van der Waals surface area contributed by atoms with Crippen LogP contribution in [0.25, 0.3) is 11.4 Å². The molecule has 1 saturated heterocycles. The predicted molar refractivity (Wildman–Crippen MR) is 164 cm³/mol. The van der Waals surface area contributed by atoms with Crippen LogP contribution in [0.4, 0.5) is 4.79 Å². The van der Waals surface area contributed by atoms with Gasteiger partial charge in [-0.05, 0) is 63.5 Å². The Hall–Kier alpha value is -4.29. The van der Waals surface area contributed by atoms with E-state index in [-0.39, 0.29) is 37.1 Å². The number of aromatic nitrogens is 4. The first kappa shape index (κ1) is 32.1. The second-order valence-corrected chi connectivity index (χ2v) is 13.7. The zero-order chi connectivity index (χ0) is 32.5. The number of hydrogen-bond donors (Lipinski definition) is 3. The normalized spacial score (nSPS) is 31.4. The Morgan fingerprint density at radius 2 is 1.87 bits per heavy atom. The minimum Gasteiger partial charge on any atom is -0.479 e. The number of rotatable bonds is 4. The van der Waals surface area contributed by atoms with E-state index in [1.165, 1.54) is 9.70 Å². The molecule has 0 radical (unpaired) electrons. The van der Waals surface area contributed by atoms with Gasteiger partial charge in [-0.25, -0.2) is 9.59 Å². The molecule has 3 heterocycles. The van der Waals surface area contributed by atoms with E-state index in [2.05, 4.69) is 33.0 Å². The molecule has 2 aromatic rings. The van der Waals surface area contributed by atoms with Gasteiger partial charge in [0.2, 0.25) is 17.6 Å². The van der Waals surface area contributed by atoms with Crippen molar-refractivity contribution in [3.8, 4) is 11.4 Å². The summed E-state index contributed by atoms with van der Waals surface area (Å²) >= 11 is 0. The first-order valence-electron chi connectivity index (χ1n) is 15.6. The van der Waals surface area contributed by atoms with Crippen molar-refractivity contribution in [2.45, 2.75) is 96.0 Å². The molecule has 2 aliphatic heterocycles. The molecule has 242 valence electrons. The van der Waals surface area contributed by atoms with Gasteiger partial charge in [0.25, 0.3) is 0 Å². The summed E-state index contributed by atoms with van der Waals surface area (Å²) in [6.07, 6.45) is 5.74. The third-order valence-corrected chi connectivity index (χ3v) is 8.87. The lowest BCUT2D eigenvalue weighted by Crippen LogP contribution is -2.58. The highest BCUT2D eigenvalue weighted by Gasteiger charge is 2.61. The van der Waals surface area contributed by atoms with Gasteiger partial charge >= 0.3 is 12.1 Å². The van der Waals surface area contributed by atoms with E-state index >= 15 is 0 Å². The highest BCUT2D eigenvalue weighted by molar-refractivity contribution is 5.96. The first-order chi connectivity index (χ1) is 21.3. The number of carbonyl (C=O) groups is 4. The maximum absolute atomic E-state index is 14.4. The first-order valence-corrected chi connectivity index (χ1v) is 15.6. The van der Waals surface area contributed by atoms with Gasteiger partial charge in [0.1, 0.15) is 23.2 Å². The average molecular weight is 622 g/mol. The standard InChI is InChI=1S/C32H43N7O6/c1-19-11-9-10-14-22-17-32(22,29(42)43)34-27(40)24-16-23(39-36-26(35-37-39)21-12-7-6-8-13-21)18-38(24)28(41)25(20(2)15-19)33-30(44)45-31(3,4)5/h6-8,10,12-14,19-20,22-25H,9,11,15-18H2,1-5H3,(H,33,44)(H,34,40)(H,42,43)/b14-10-/t19?,20?,22?,23-,24+,25+,32?/m1/s1. The van der Waals surface area contributed by atoms with Crippen molar-refractivity contribution in [1.29, 1.82) is 0 Å². The number of nitrogens with one attached hydrogen (secondary N) is 2. The molecule has 0 spiro atoms. The van der Waals surface area contributed by atoms with Gasteiger partial charge in [0, 0.05) is 24.4 Å². The molecule has 4 unspecified atom stereocenters. The average Bonchev–Trinajstić information content (AvgIpc) is 3.29. The van der Waals surface area contributed by atoms with Gasteiger partial charge in [0.05, 0.1) is 6.04 Å². The third-order valence-electron chi connectivity index (χ3n) is 8.87. The largest absolute Gasteiger partial charge is 0.479 e. The quantitative estimate of drug-likeness (QED) is 0.434. The van der Waals surface area contributed by atoms with E-state index in [1.807, 2.05) is 49.4 Å². The molecule has 3 N–H and O–H groups in total. The SMILES string of the molecule is CC1CC/C=C\C2CC2(C(=O)O)NC(=O)[C@@H]2C[C@@H](n3nnc(-c4ccccc4)n3)CN2C(=O)[C@@H](NC(=O)OC(C)(C)C)C(C)C1. The topological polar surface area (TPSA) is 169 Å². The number of aliphatic carboxylic acids is 1. The van der Waals surface area contributed by atoms with Crippen LogP contribution in [-0.2, 0) is 19.1 Å². The van der Waals surface area contributed by atoms with Crippen LogP contribution in [0.3, 0.4) is 0 Å². The van der Waals surface area contributed by atoms with Crippen LogP contribution >= 0.6 is 0 Å². The molecule has 13 nitrogen and oxygen atoms in total. The number of carboxylic acid groups (broad SMARTS) is 1. The van der Waals surface area contributed by atoms with Crippen LogP contribution in [-0.4, -0.2) is 83.9 Å². The van der Waals surface area contributed by atoms with Crippen molar-refractivity contribution in [3.05, 3.63) is 42.5 Å². The Morgan fingerprint density at radius 1 is 1.13 bits per heavy atom. The van der Waals surface area contributed by atoms with Gasteiger partial charge < -0.3 is 25.4 Å². The predicted octanol–water partition coefficient (Wildman–Crippen LogP) is 3.35. The van der Waals surface area contributed by atoms with Gasteiger partial charge in [-0.1, -0.05) is 56.3 Å². The highest BCUT2D eigenvalue weighted by Crippen LogP contribution is 2.45. The van der Waals surface area contributed by atoms with Crippen LogP contribution in [0, 0.1) is 17.8 Å². The summed E-state index contributed by atoms with van der Waals surface area (Å²) < 4.78 is 5.51. The molecule has 1 aromatic carbocycles. The Kier molecular flexibility index (Phi) is 8.99. The molecule has 1 aromatic heterocycles. The smallest absolute Gasteiger partial charge is 0.408 e. The molecular formula is C32H43N7O6. The fourth-order valence-corrected chi connectivity index (χ4v) is 6.41. The number of carbonyl (C=O) groups excluding carboxylic acids is 3. The minimum absolute atomic E-state index is 0.0691. The van der Waals surface area contributed by atoms with E-state index in [0.29, 0.717) is 12.2 Å². The van der Waals surface area contributed by atoms with Gasteiger partial charge in [-0.2, -0.15) is 4.80 Å². The summed E-state index contributed by atoms with van der Waals surface area (Å²) in [6, 6.07) is 6.81. The molecule has 3 aliphatic rings. The molecular weight excluding hydrogens is 578 g/mol. The Bertz CT molecular complexity index is 1450. The molecule has 1 saturated carbocycles. The Balaban J connectivity index is 1.49. The number of tetrazole rings is 1. The van der Waals surface area contributed by atoms with Crippen LogP contribution in [0.2, 0.25) is 0 Å². The molecule has 5 rings (SSSR count). The molecule has 45 heavy (non-hydrogen) atoms. The monoisotopic (exact) mass is 621 g/mol. The molecule has 3 amide bonds. The number of hydrogen-bond acceptors (Lipinski definition) is 8. The lowest BCUT2D eigenvalue weighted by atomic mass is 9.88. The summed E-state index contributed by atoms with van der Waals surface area (Å²) in [6.45, 7) is 9.30. The van der Waals surface area contributed by atoms with Crippen molar-refractivity contribution in [1.82, 2.24) is 35.7 Å². The molecule has 13 heteroatoms. The Morgan fingerprint density at radius 3 is 2.56 bits per heavy atom.